The minimum absolute atomic E-state index is 0.228. The molecule has 0 saturated carbocycles. The Morgan fingerprint density at radius 1 is 1.42 bits per heavy atom. The zero-order valence-corrected chi connectivity index (χ0v) is 11.0. The van der Waals surface area contributed by atoms with Crippen LogP contribution in [0.5, 0.6) is 5.75 Å². The van der Waals surface area contributed by atoms with Gasteiger partial charge >= 0.3 is 5.97 Å². The van der Waals surface area contributed by atoms with Gasteiger partial charge in [0.1, 0.15) is 11.9 Å². The van der Waals surface area contributed by atoms with E-state index in [9.17, 15) is 15.0 Å². The maximum atomic E-state index is 11.2. The first-order chi connectivity index (χ1) is 8.99. The van der Waals surface area contributed by atoms with E-state index in [1.165, 1.54) is 13.2 Å². The Balaban J connectivity index is 2.76. The number of carbonyl (C=O) groups excluding carboxylic acids is 1. The van der Waals surface area contributed by atoms with E-state index < -0.39 is 18.2 Å². The lowest BCUT2D eigenvalue weighted by Crippen LogP contribution is -2.23. The van der Waals surface area contributed by atoms with Gasteiger partial charge in [-0.25, -0.2) is 0 Å². The number of aliphatic hydroxyl groups is 2. The number of esters is 1. The van der Waals surface area contributed by atoms with Crippen molar-refractivity contribution in [3.8, 4) is 5.75 Å². The monoisotopic (exact) mass is 269 g/mol. The van der Waals surface area contributed by atoms with Crippen LogP contribution in [0.15, 0.2) is 18.2 Å². The molecule has 106 valence electrons. The fourth-order valence-corrected chi connectivity index (χ4v) is 1.66. The van der Waals surface area contributed by atoms with Crippen LogP contribution in [0.2, 0.25) is 0 Å². The van der Waals surface area contributed by atoms with Crippen LogP contribution in [0.4, 0.5) is 5.69 Å². The largest absolute Gasteiger partial charge is 0.497 e. The number of hydrogen-bond donors (Lipinski definition) is 3. The number of benzene rings is 1. The van der Waals surface area contributed by atoms with E-state index in [1.807, 2.05) is 0 Å². The number of nitrogens with two attached hydrogens (primary N) is 1. The second-order valence-electron chi connectivity index (χ2n) is 4.02. The third kappa shape index (κ3) is 4.11. The van der Waals surface area contributed by atoms with Crippen molar-refractivity contribution in [1.29, 1.82) is 0 Å². The lowest BCUT2D eigenvalue weighted by molar-refractivity contribution is -0.147. The summed E-state index contributed by atoms with van der Waals surface area (Å²) in [5, 5.41) is 19.8. The quantitative estimate of drug-likeness (QED) is 0.517. The summed E-state index contributed by atoms with van der Waals surface area (Å²) in [6.45, 7) is 1.90. The average Bonchev–Trinajstić information content (AvgIpc) is 2.37. The molecule has 1 aromatic rings. The molecule has 4 N–H and O–H groups in total. The minimum Gasteiger partial charge on any atom is -0.497 e. The molecule has 0 fully saturated rings. The van der Waals surface area contributed by atoms with Crippen LogP contribution in [0.25, 0.3) is 0 Å². The Kier molecular flexibility index (Phi) is 5.59. The van der Waals surface area contributed by atoms with Crippen molar-refractivity contribution in [2.75, 3.05) is 19.5 Å². The molecule has 0 aromatic heterocycles. The zero-order valence-electron chi connectivity index (χ0n) is 11.0. The number of ether oxygens (including phenoxy) is 2. The molecule has 0 heterocycles. The molecule has 0 aliphatic carbocycles. The normalized spacial score (nSPS) is 13.7. The fraction of sp³-hybridized carbons (Fsp3) is 0.462. The molecule has 0 radical (unpaired) electrons. The van der Waals surface area contributed by atoms with Gasteiger partial charge in [0, 0.05) is 17.3 Å². The van der Waals surface area contributed by atoms with Gasteiger partial charge in [-0.2, -0.15) is 0 Å². The number of rotatable bonds is 6. The second-order valence-corrected chi connectivity index (χ2v) is 4.02. The highest BCUT2D eigenvalue weighted by atomic mass is 16.5. The van der Waals surface area contributed by atoms with Gasteiger partial charge in [0.05, 0.1) is 26.2 Å². The van der Waals surface area contributed by atoms with E-state index in [2.05, 4.69) is 0 Å². The first kappa shape index (κ1) is 15.3. The summed E-state index contributed by atoms with van der Waals surface area (Å²) in [6.07, 6.45) is -2.81. The van der Waals surface area contributed by atoms with Gasteiger partial charge in [-0.3, -0.25) is 4.79 Å². The summed E-state index contributed by atoms with van der Waals surface area (Å²) in [5.74, 6) is -0.0190. The number of anilines is 1. The maximum absolute atomic E-state index is 11.2. The molecule has 0 amide bonds. The number of hydrogen-bond acceptors (Lipinski definition) is 6. The van der Waals surface area contributed by atoms with E-state index in [0.29, 0.717) is 11.3 Å². The number of methoxy groups -OCH3 is 1. The van der Waals surface area contributed by atoms with E-state index in [0.717, 1.165) is 0 Å². The highest BCUT2D eigenvalue weighted by Gasteiger charge is 2.23. The molecule has 0 saturated heterocycles. The van der Waals surface area contributed by atoms with E-state index in [1.54, 1.807) is 19.1 Å². The van der Waals surface area contributed by atoms with Crippen LogP contribution in [-0.4, -0.2) is 36.0 Å². The van der Waals surface area contributed by atoms with Crippen molar-refractivity contribution in [3.05, 3.63) is 23.8 Å². The molecule has 2 unspecified atom stereocenters. The van der Waals surface area contributed by atoms with Crippen molar-refractivity contribution in [1.82, 2.24) is 0 Å². The van der Waals surface area contributed by atoms with Crippen molar-refractivity contribution in [2.24, 2.45) is 0 Å². The summed E-state index contributed by atoms with van der Waals surface area (Å²) in [4.78, 5) is 11.2. The number of carbonyl (C=O) groups is 1. The molecule has 0 aliphatic heterocycles. The van der Waals surface area contributed by atoms with E-state index >= 15 is 0 Å². The molecular formula is C13H19NO5. The van der Waals surface area contributed by atoms with Gasteiger partial charge < -0.3 is 25.4 Å². The fourth-order valence-electron chi connectivity index (χ4n) is 1.66. The van der Waals surface area contributed by atoms with E-state index in [4.69, 9.17) is 15.2 Å². The van der Waals surface area contributed by atoms with Gasteiger partial charge in [0.2, 0.25) is 0 Å². The molecule has 0 bridgehead atoms. The number of nitrogen functional groups attached to an aromatic ring is 1. The molecule has 0 spiro atoms. The Morgan fingerprint density at radius 2 is 2.11 bits per heavy atom. The van der Waals surface area contributed by atoms with Crippen LogP contribution < -0.4 is 10.5 Å². The standard InChI is InChI=1S/C13H19NO5/c1-3-19-12(16)7-11(15)13(17)9-5-4-8(18-2)6-10(9)14/h4-6,11,13,15,17H,3,7,14H2,1-2H3. The topological polar surface area (TPSA) is 102 Å². The van der Waals surface area contributed by atoms with Crippen molar-refractivity contribution in [2.45, 2.75) is 25.6 Å². The van der Waals surface area contributed by atoms with Gasteiger partial charge in [-0.1, -0.05) is 6.07 Å². The van der Waals surface area contributed by atoms with Crippen LogP contribution >= 0.6 is 0 Å². The first-order valence-electron chi connectivity index (χ1n) is 5.94. The molecule has 1 rings (SSSR count). The van der Waals surface area contributed by atoms with Crippen LogP contribution in [0.1, 0.15) is 25.0 Å². The summed E-state index contributed by atoms with van der Waals surface area (Å²) in [7, 11) is 1.50. The maximum Gasteiger partial charge on any atom is 0.308 e. The Hall–Kier alpha value is -1.79. The summed E-state index contributed by atoms with van der Waals surface area (Å²) >= 11 is 0. The summed E-state index contributed by atoms with van der Waals surface area (Å²) in [5.41, 5.74) is 6.39. The Morgan fingerprint density at radius 3 is 2.63 bits per heavy atom. The predicted octanol–water partition coefficient (Wildman–Crippen LogP) is 0.625. The molecule has 1 aromatic carbocycles. The highest BCUT2D eigenvalue weighted by Crippen LogP contribution is 2.28. The van der Waals surface area contributed by atoms with Gasteiger partial charge in [0.15, 0.2) is 0 Å². The second kappa shape index (κ2) is 6.96. The molecule has 0 aliphatic rings. The number of aliphatic hydroxyl groups excluding tert-OH is 2. The van der Waals surface area contributed by atoms with E-state index in [-0.39, 0.29) is 18.7 Å². The third-order valence-corrected chi connectivity index (χ3v) is 2.66. The first-order valence-corrected chi connectivity index (χ1v) is 5.94. The molecule has 6 nitrogen and oxygen atoms in total. The predicted molar refractivity (Wildman–Crippen MR) is 69.6 cm³/mol. The lowest BCUT2D eigenvalue weighted by atomic mass is 10.0. The van der Waals surface area contributed by atoms with Crippen LogP contribution in [0.3, 0.4) is 0 Å². The van der Waals surface area contributed by atoms with Gasteiger partial charge in [-0.15, -0.1) is 0 Å². The molecule has 6 heteroatoms. The summed E-state index contributed by atoms with van der Waals surface area (Å²) < 4.78 is 9.69. The third-order valence-electron chi connectivity index (χ3n) is 2.66. The zero-order chi connectivity index (χ0) is 14.4. The molecule has 2 atom stereocenters. The minimum atomic E-state index is -1.27. The van der Waals surface area contributed by atoms with Gasteiger partial charge in [0.25, 0.3) is 0 Å². The van der Waals surface area contributed by atoms with Crippen LogP contribution in [0, 0.1) is 0 Å². The lowest BCUT2D eigenvalue weighted by Gasteiger charge is -2.19. The van der Waals surface area contributed by atoms with Crippen molar-refractivity contribution < 1.29 is 24.5 Å². The van der Waals surface area contributed by atoms with Gasteiger partial charge in [-0.05, 0) is 13.0 Å². The highest BCUT2D eigenvalue weighted by molar-refractivity contribution is 5.70. The Labute approximate surface area is 111 Å². The van der Waals surface area contributed by atoms with Crippen molar-refractivity contribution >= 4 is 11.7 Å². The Bertz CT molecular complexity index is 435. The SMILES string of the molecule is CCOC(=O)CC(O)C(O)c1ccc(OC)cc1N. The molecular weight excluding hydrogens is 250 g/mol. The smallest absolute Gasteiger partial charge is 0.308 e. The van der Waals surface area contributed by atoms with Crippen LogP contribution in [-0.2, 0) is 9.53 Å². The average molecular weight is 269 g/mol. The van der Waals surface area contributed by atoms with Crippen molar-refractivity contribution in [3.63, 3.8) is 0 Å². The molecule has 19 heavy (non-hydrogen) atoms. The summed E-state index contributed by atoms with van der Waals surface area (Å²) in [6, 6.07) is 4.70.